The molecular weight excluding hydrogens is 252 g/mol. The Bertz CT molecular complexity index is 451. The molecule has 98 valence electrons. The molecule has 1 aliphatic rings. The van der Waals surface area contributed by atoms with Gasteiger partial charge in [0.25, 0.3) is 0 Å². The van der Waals surface area contributed by atoms with Crippen LogP contribution < -0.4 is 5.32 Å². The van der Waals surface area contributed by atoms with Crippen molar-refractivity contribution in [2.24, 2.45) is 0 Å². The smallest absolute Gasteiger partial charge is 0.321 e. The summed E-state index contributed by atoms with van der Waals surface area (Å²) in [5.74, 6) is 0. The average molecular weight is 269 g/mol. The summed E-state index contributed by atoms with van der Waals surface area (Å²) in [6.07, 6.45) is 1.19. The number of nitrogens with zero attached hydrogens (tertiary/aromatic N) is 1. The molecule has 0 aliphatic carbocycles. The van der Waals surface area contributed by atoms with E-state index in [2.05, 4.69) is 5.32 Å². The molecule has 1 aliphatic heterocycles. The molecule has 1 heterocycles. The van der Waals surface area contributed by atoms with E-state index in [4.69, 9.17) is 11.6 Å². The molecule has 1 aromatic carbocycles. The number of likely N-dealkylation sites (tertiary alicyclic amines) is 1. The van der Waals surface area contributed by atoms with Crippen molar-refractivity contribution in [3.63, 3.8) is 0 Å². The Balaban J connectivity index is 2.00. The summed E-state index contributed by atoms with van der Waals surface area (Å²) in [7, 11) is 0. The van der Waals surface area contributed by atoms with E-state index in [9.17, 15) is 9.90 Å². The Morgan fingerprint density at radius 3 is 3.00 bits per heavy atom. The number of carbonyl (C=O) groups is 1. The summed E-state index contributed by atoms with van der Waals surface area (Å²) in [5.41, 5.74) is 1.65. The van der Waals surface area contributed by atoms with Gasteiger partial charge < -0.3 is 15.3 Å². The second-order valence-electron chi connectivity index (χ2n) is 4.64. The van der Waals surface area contributed by atoms with Crippen molar-refractivity contribution in [3.8, 4) is 0 Å². The number of benzene rings is 1. The number of amides is 2. The third-order valence-electron chi connectivity index (χ3n) is 3.11. The largest absolute Gasteiger partial charge is 0.391 e. The number of anilines is 1. The number of nitrogens with one attached hydrogen (secondary N) is 1. The molecule has 2 N–H and O–H groups in total. The minimum atomic E-state index is -0.411. The lowest BCUT2D eigenvalue weighted by Crippen LogP contribution is -2.44. The number of hydrogen-bond acceptors (Lipinski definition) is 2. The maximum atomic E-state index is 12.0. The average Bonchev–Trinajstić information content (AvgIpc) is 2.34. The number of β-amino-alcohol motifs (C(OH)–C–C–N with tert-alkyl or cyclic N) is 1. The number of carbonyl (C=O) groups excluding carboxylic acids is 1. The van der Waals surface area contributed by atoms with Crippen LogP contribution in [0.1, 0.15) is 18.4 Å². The number of aliphatic hydroxyl groups is 1. The quantitative estimate of drug-likeness (QED) is 0.823. The third-order valence-corrected chi connectivity index (χ3v) is 3.51. The van der Waals surface area contributed by atoms with Crippen molar-refractivity contribution < 1.29 is 9.90 Å². The maximum absolute atomic E-state index is 12.0. The van der Waals surface area contributed by atoms with Crippen LogP contribution in [0.4, 0.5) is 10.5 Å². The van der Waals surface area contributed by atoms with Crippen LogP contribution in [0.15, 0.2) is 18.2 Å². The van der Waals surface area contributed by atoms with E-state index in [0.29, 0.717) is 23.8 Å². The summed E-state index contributed by atoms with van der Waals surface area (Å²) < 4.78 is 0. The monoisotopic (exact) mass is 268 g/mol. The first-order valence-corrected chi connectivity index (χ1v) is 6.44. The van der Waals surface area contributed by atoms with Crippen molar-refractivity contribution in [1.29, 1.82) is 0 Å². The van der Waals surface area contributed by atoms with Crippen LogP contribution in [0, 0.1) is 6.92 Å². The second kappa shape index (κ2) is 5.59. The SMILES string of the molecule is Cc1ccc(NC(=O)N2CCCC(O)C2)cc1Cl. The van der Waals surface area contributed by atoms with E-state index in [0.717, 1.165) is 18.4 Å². The highest BCUT2D eigenvalue weighted by atomic mass is 35.5. The number of rotatable bonds is 1. The number of halogens is 1. The van der Waals surface area contributed by atoms with Gasteiger partial charge in [-0.2, -0.15) is 0 Å². The van der Waals surface area contributed by atoms with Gasteiger partial charge in [0.05, 0.1) is 6.10 Å². The Hall–Kier alpha value is -1.26. The van der Waals surface area contributed by atoms with Crippen LogP contribution >= 0.6 is 11.6 Å². The molecule has 18 heavy (non-hydrogen) atoms. The summed E-state index contributed by atoms with van der Waals surface area (Å²) in [4.78, 5) is 13.6. The first-order valence-electron chi connectivity index (χ1n) is 6.06. The normalized spacial score (nSPS) is 19.7. The Morgan fingerprint density at radius 1 is 1.56 bits per heavy atom. The fraction of sp³-hybridized carbons (Fsp3) is 0.462. The molecule has 1 fully saturated rings. The molecule has 1 atom stereocenters. The summed E-state index contributed by atoms with van der Waals surface area (Å²) in [6.45, 7) is 2.99. The van der Waals surface area contributed by atoms with Crippen molar-refractivity contribution in [2.45, 2.75) is 25.9 Å². The van der Waals surface area contributed by atoms with Gasteiger partial charge in [0, 0.05) is 23.8 Å². The van der Waals surface area contributed by atoms with Gasteiger partial charge in [-0.05, 0) is 37.5 Å². The van der Waals surface area contributed by atoms with Gasteiger partial charge in [-0.3, -0.25) is 0 Å². The van der Waals surface area contributed by atoms with Gasteiger partial charge in [-0.15, -0.1) is 0 Å². The molecule has 0 radical (unpaired) electrons. The molecule has 2 rings (SSSR count). The van der Waals surface area contributed by atoms with Crippen LogP contribution in [0.5, 0.6) is 0 Å². The number of aliphatic hydroxyl groups excluding tert-OH is 1. The van der Waals surface area contributed by atoms with Gasteiger partial charge in [0.2, 0.25) is 0 Å². The molecule has 0 aromatic heterocycles. The van der Waals surface area contributed by atoms with E-state index < -0.39 is 6.10 Å². The van der Waals surface area contributed by atoms with Gasteiger partial charge in [-0.25, -0.2) is 4.79 Å². The highest BCUT2D eigenvalue weighted by Crippen LogP contribution is 2.20. The topological polar surface area (TPSA) is 52.6 Å². The van der Waals surface area contributed by atoms with Crippen LogP contribution in [0.2, 0.25) is 5.02 Å². The highest BCUT2D eigenvalue weighted by Gasteiger charge is 2.21. The van der Waals surface area contributed by atoms with Crippen LogP contribution in [0.3, 0.4) is 0 Å². The Labute approximate surface area is 112 Å². The third kappa shape index (κ3) is 3.15. The highest BCUT2D eigenvalue weighted by molar-refractivity contribution is 6.31. The fourth-order valence-electron chi connectivity index (χ4n) is 2.01. The van der Waals surface area contributed by atoms with E-state index in [1.807, 2.05) is 19.1 Å². The molecular formula is C13H17ClN2O2. The zero-order valence-electron chi connectivity index (χ0n) is 10.3. The van der Waals surface area contributed by atoms with Crippen LogP contribution in [-0.2, 0) is 0 Å². The molecule has 2 amide bonds. The summed E-state index contributed by atoms with van der Waals surface area (Å²) in [6, 6.07) is 5.23. The summed E-state index contributed by atoms with van der Waals surface area (Å²) in [5, 5.41) is 13.0. The number of piperidine rings is 1. The predicted octanol–water partition coefficient (Wildman–Crippen LogP) is 2.64. The van der Waals surface area contributed by atoms with Crippen molar-refractivity contribution >= 4 is 23.3 Å². The fourth-order valence-corrected chi connectivity index (χ4v) is 2.19. The first-order chi connectivity index (χ1) is 8.56. The maximum Gasteiger partial charge on any atom is 0.321 e. The van der Waals surface area contributed by atoms with E-state index >= 15 is 0 Å². The minimum Gasteiger partial charge on any atom is -0.391 e. The molecule has 1 saturated heterocycles. The molecule has 1 unspecified atom stereocenters. The number of urea groups is 1. The Morgan fingerprint density at radius 2 is 2.33 bits per heavy atom. The van der Waals surface area contributed by atoms with Crippen molar-refractivity contribution in [3.05, 3.63) is 28.8 Å². The summed E-state index contributed by atoms with van der Waals surface area (Å²) >= 11 is 6.00. The van der Waals surface area contributed by atoms with E-state index in [-0.39, 0.29) is 6.03 Å². The van der Waals surface area contributed by atoms with Gasteiger partial charge >= 0.3 is 6.03 Å². The van der Waals surface area contributed by atoms with Crippen molar-refractivity contribution in [2.75, 3.05) is 18.4 Å². The molecule has 5 heteroatoms. The lowest BCUT2D eigenvalue weighted by Gasteiger charge is -2.30. The minimum absolute atomic E-state index is 0.186. The molecule has 0 bridgehead atoms. The molecule has 4 nitrogen and oxygen atoms in total. The predicted molar refractivity (Wildman–Crippen MR) is 72.0 cm³/mol. The zero-order chi connectivity index (χ0) is 13.1. The van der Waals surface area contributed by atoms with E-state index in [1.165, 1.54) is 0 Å². The van der Waals surface area contributed by atoms with Crippen LogP contribution in [0.25, 0.3) is 0 Å². The van der Waals surface area contributed by atoms with Gasteiger partial charge in [-0.1, -0.05) is 17.7 Å². The van der Waals surface area contributed by atoms with Crippen molar-refractivity contribution in [1.82, 2.24) is 4.90 Å². The first kappa shape index (κ1) is 13.2. The molecule has 0 spiro atoms. The zero-order valence-corrected chi connectivity index (χ0v) is 11.1. The molecule has 0 saturated carbocycles. The lowest BCUT2D eigenvalue weighted by molar-refractivity contribution is 0.0883. The van der Waals surface area contributed by atoms with Gasteiger partial charge in [0.1, 0.15) is 0 Å². The second-order valence-corrected chi connectivity index (χ2v) is 5.04. The van der Waals surface area contributed by atoms with E-state index in [1.54, 1.807) is 11.0 Å². The van der Waals surface area contributed by atoms with Crippen LogP contribution in [-0.4, -0.2) is 35.2 Å². The standard InChI is InChI=1S/C13H17ClN2O2/c1-9-4-5-10(7-12(9)14)15-13(18)16-6-2-3-11(17)8-16/h4-5,7,11,17H,2-3,6,8H2,1H3,(H,15,18). The lowest BCUT2D eigenvalue weighted by atomic mass is 10.1. The van der Waals surface area contributed by atoms with Gasteiger partial charge in [0.15, 0.2) is 0 Å². The Kier molecular flexibility index (Phi) is 4.09. The molecule has 1 aromatic rings. The number of hydrogen-bond donors (Lipinski definition) is 2. The number of aryl methyl sites for hydroxylation is 1.